The lowest BCUT2D eigenvalue weighted by molar-refractivity contribution is 0.248. The highest BCUT2D eigenvalue weighted by Gasteiger charge is 2.30. The van der Waals surface area contributed by atoms with Crippen molar-refractivity contribution < 1.29 is 0 Å². The van der Waals surface area contributed by atoms with Gasteiger partial charge in [0.2, 0.25) is 0 Å². The third kappa shape index (κ3) is 4.12. The quantitative estimate of drug-likeness (QED) is 0.555. The van der Waals surface area contributed by atoms with Gasteiger partial charge in [-0.05, 0) is 36.5 Å². The maximum absolute atomic E-state index is 5.69. The van der Waals surface area contributed by atoms with Gasteiger partial charge in [-0.3, -0.25) is 11.3 Å². The number of rotatable bonds is 4. The van der Waals surface area contributed by atoms with Crippen molar-refractivity contribution >= 4 is 0 Å². The second kappa shape index (κ2) is 5.31. The molecule has 1 saturated carbocycles. The van der Waals surface area contributed by atoms with Gasteiger partial charge in [-0.15, -0.1) is 0 Å². The highest BCUT2D eigenvalue weighted by Crippen LogP contribution is 2.36. The second-order valence-corrected chi connectivity index (χ2v) is 6.44. The zero-order chi connectivity index (χ0) is 11.5. The van der Waals surface area contributed by atoms with Gasteiger partial charge in [0.25, 0.3) is 0 Å². The molecule has 0 spiro atoms. The SMILES string of the molecule is CC1CCCC1C(CCC(C)(C)C)NN. The first-order valence-corrected chi connectivity index (χ1v) is 6.40. The fourth-order valence-electron chi connectivity index (χ4n) is 2.78. The largest absolute Gasteiger partial charge is 0.271 e. The molecule has 1 aliphatic rings. The van der Waals surface area contributed by atoms with E-state index in [1.54, 1.807) is 0 Å². The van der Waals surface area contributed by atoms with Gasteiger partial charge in [0.05, 0.1) is 0 Å². The fourth-order valence-corrected chi connectivity index (χ4v) is 2.78. The molecule has 1 fully saturated rings. The van der Waals surface area contributed by atoms with E-state index in [4.69, 9.17) is 5.84 Å². The minimum absolute atomic E-state index is 0.428. The lowest BCUT2D eigenvalue weighted by Gasteiger charge is -2.29. The molecule has 0 aromatic carbocycles. The van der Waals surface area contributed by atoms with Gasteiger partial charge in [-0.25, -0.2) is 0 Å². The van der Waals surface area contributed by atoms with E-state index in [0.717, 1.165) is 11.8 Å². The molecule has 0 saturated heterocycles. The summed E-state index contributed by atoms with van der Waals surface area (Å²) < 4.78 is 0. The van der Waals surface area contributed by atoms with E-state index in [9.17, 15) is 0 Å². The molecule has 1 rings (SSSR count). The van der Waals surface area contributed by atoms with Crippen LogP contribution in [0.2, 0.25) is 0 Å². The van der Waals surface area contributed by atoms with E-state index in [2.05, 4.69) is 33.1 Å². The van der Waals surface area contributed by atoms with Crippen molar-refractivity contribution in [3.63, 3.8) is 0 Å². The number of hydrazine groups is 1. The standard InChI is InChI=1S/C13H28N2/c1-10-6-5-7-11(10)12(15-14)8-9-13(2,3)4/h10-12,15H,5-9,14H2,1-4H3. The summed E-state index contributed by atoms with van der Waals surface area (Å²) in [5, 5.41) is 0. The van der Waals surface area contributed by atoms with Crippen molar-refractivity contribution in [2.75, 3.05) is 0 Å². The third-order valence-electron chi connectivity index (χ3n) is 3.86. The van der Waals surface area contributed by atoms with Crippen LogP contribution in [0, 0.1) is 17.3 Å². The number of hydrogen-bond acceptors (Lipinski definition) is 2. The third-order valence-corrected chi connectivity index (χ3v) is 3.86. The van der Waals surface area contributed by atoms with Crippen molar-refractivity contribution in [2.24, 2.45) is 23.1 Å². The predicted octanol–water partition coefficient (Wildman–Crippen LogP) is 3.08. The lowest BCUT2D eigenvalue weighted by Crippen LogP contribution is -2.42. The molecule has 0 amide bonds. The summed E-state index contributed by atoms with van der Waals surface area (Å²) in [6, 6.07) is 0.529. The Hall–Kier alpha value is -0.0800. The van der Waals surface area contributed by atoms with E-state index >= 15 is 0 Å². The number of nitrogens with two attached hydrogens (primary N) is 1. The van der Waals surface area contributed by atoms with E-state index in [1.807, 2.05) is 0 Å². The first kappa shape index (κ1) is 13.0. The van der Waals surface area contributed by atoms with E-state index in [1.165, 1.54) is 32.1 Å². The van der Waals surface area contributed by atoms with Crippen LogP contribution < -0.4 is 11.3 Å². The Balaban J connectivity index is 2.41. The molecule has 0 radical (unpaired) electrons. The summed E-state index contributed by atoms with van der Waals surface area (Å²) in [5.41, 5.74) is 3.47. The van der Waals surface area contributed by atoms with Crippen LogP contribution in [-0.4, -0.2) is 6.04 Å². The molecule has 1 aliphatic carbocycles. The van der Waals surface area contributed by atoms with Gasteiger partial charge in [0.15, 0.2) is 0 Å². The Morgan fingerprint density at radius 1 is 1.33 bits per heavy atom. The van der Waals surface area contributed by atoms with Crippen LogP contribution in [0.15, 0.2) is 0 Å². The summed E-state index contributed by atoms with van der Waals surface area (Å²) in [6.07, 6.45) is 6.61. The average Bonchev–Trinajstić information content (AvgIpc) is 2.52. The Labute approximate surface area is 95.0 Å². The molecular weight excluding hydrogens is 184 g/mol. The second-order valence-electron chi connectivity index (χ2n) is 6.44. The van der Waals surface area contributed by atoms with Gasteiger partial charge >= 0.3 is 0 Å². The molecule has 3 atom stereocenters. The van der Waals surface area contributed by atoms with E-state index < -0.39 is 0 Å². The molecule has 0 aromatic rings. The Bertz CT molecular complexity index is 183. The molecule has 3 unspecified atom stereocenters. The van der Waals surface area contributed by atoms with Gasteiger partial charge in [-0.1, -0.05) is 40.5 Å². The zero-order valence-corrected chi connectivity index (χ0v) is 10.8. The Morgan fingerprint density at radius 3 is 2.40 bits per heavy atom. The van der Waals surface area contributed by atoms with Crippen LogP contribution in [0.5, 0.6) is 0 Å². The summed E-state index contributed by atoms with van der Waals surface area (Å²) in [5.74, 6) is 7.35. The topological polar surface area (TPSA) is 38.0 Å². The van der Waals surface area contributed by atoms with Crippen molar-refractivity contribution in [1.82, 2.24) is 5.43 Å². The number of hydrogen-bond donors (Lipinski definition) is 2. The monoisotopic (exact) mass is 212 g/mol. The Morgan fingerprint density at radius 2 is 2.00 bits per heavy atom. The van der Waals surface area contributed by atoms with Crippen molar-refractivity contribution in [1.29, 1.82) is 0 Å². The molecule has 0 heterocycles. The van der Waals surface area contributed by atoms with Gasteiger partial charge in [0.1, 0.15) is 0 Å². The molecule has 90 valence electrons. The summed E-state index contributed by atoms with van der Waals surface area (Å²) in [7, 11) is 0. The van der Waals surface area contributed by atoms with Crippen molar-refractivity contribution in [3.05, 3.63) is 0 Å². The fraction of sp³-hybridized carbons (Fsp3) is 1.00. The predicted molar refractivity (Wildman–Crippen MR) is 66.3 cm³/mol. The molecule has 3 N–H and O–H groups in total. The maximum atomic E-state index is 5.69. The molecular formula is C13H28N2. The van der Waals surface area contributed by atoms with E-state index in [0.29, 0.717) is 11.5 Å². The van der Waals surface area contributed by atoms with Gasteiger partial charge in [-0.2, -0.15) is 0 Å². The summed E-state index contributed by atoms with van der Waals surface area (Å²) >= 11 is 0. The Kier molecular flexibility index (Phi) is 4.60. The van der Waals surface area contributed by atoms with Crippen LogP contribution in [0.3, 0.4) is 0 Å². The van der Waals surface area contributed by atoms with Gasteiger partial charge in [0, 0.05) is 6.04 Å². The number of nitrogens with one attached hydrogen (secondary N) is 1. The first-order valence-electron chi connectivity index (χ1n) is 6.40. The molecule has 0 bridgehead atoms. The average molecular weight is 212 g/mol. The smallest absolute Gasteiger partial charge is 0.0241 e. The summed E-state index contributed by atoms with van der Waals surface area (Å²) in [4.78, 5) is 0. The first-order chi connectivity index (χ1) is 6.94. The summed E-state index contributed by atoms with van der Waals surface area (Å²) in [6.45, 7) is 9.29. The van der Waals surface area contributed by atoms with Crippen molar-refractivity contribution in [3.8, 4) is 0 Å². The minimum atomic E-state index is 0.428. The van der Waals surface area contributed by atoms with Crippen LogP contribution >= 0.6 is 0 Å². The van der Waals surface area contributed by atoms with Crippen LogP contribution in [0.4, 0.5) is 0 Å². The van der Waals surface area contributed by atoms with Crippen molar-refractivity contribution in [2.45, 2.75) is 65.8 Å². The molecule has 2 nitrogen and oxygen atoms in total. The van der Waals surface area contributed by atoms with Gasteiger partial charge < -0.3 is 0 Å². The minimum Gasteiger partial charge on any atom is -0.271 e. The molecule has 2 heteroatoms. The van der Waals surface area contributed by atoms with Crippen LogP contribution in [0.1, 0.15) is 59.8 Å². The molecule has 0 aromatic heterocycles. The van der Waals surface area contributed by atoms with E-state index in [-0.39, 0.29) is 0 Å². The highest BCUT2D eigenvalue weighted by atomic mass is 15.2. The van der Waals surface area contributed by atoms with Crippen LogP contribution in [-0.2, 0) is 0 Å². The highest BCUT2D eigenvalue weighted by molar-refractivity contribution is 4.84. The van der Waals surface area contributed by atoms with Crippen LogP contribution in [0.25, 0.3) is 0 Å². The lowest BCUT2D eigenvalue weighted by atomic mass is 9.82. The maximum Gasteiger partial charge on any atom is 0.0241 e. The normalized spacial score (nSPS) is 29.4. The molecule has 0 aliphatic heterocycles. The molecule has 15 heavy (non-hydrogen) atoms. The zero-order valence-electron chi connectivity index (χ0n) is 10.8.